The van der Waals surface area contributed by atoms with Gasteiger partial charge in [-0.1, -0.05) is 71.1 Å². The average molecular weight is 311 g/mol. The van der Waals surface area contributed by atoms with Gasteiger partial charge in [-0.25, -0.2) is 4.79 Å². The molecular weight excluding hydrogens is 280 g/mol. The largest absolute Gasteiger partial charge is 0.477 e. The van der Waals surface area contributed by atoms with Crippen molar-refractivity contribution in [2.75, 3.05) is 0 Å². The SMILES string of the molecule is CCCCCCCCCCCCCc1ccsc1C(=O)O. The van der Waals surface area contributed by atoms with E-state index in [1.54, 1.807) is 0 Å². The summed E-state index contributed by atoms with van der Waals surface area (Å²) in [5, 5.41) is 10.9. The average Bonchev–Trinajstić information content (AvgIpc) is 2.93. The van der Waals surface area contributed by atoms with E-state index in [1.807, 2.05) is 11.4 Å². The molecule has 0 saturated carbocycles. The maximum atomic E-state index is 11.0. The number of carboxylic acid groups (broad SMARTS) is 1. The minimum atomic E-state index is -0.775. The number of unbranched alkanes of at least 4 members (excludes halogenated alkanes) is 10. The highest BCUT2D eigenvalue weighted by molar-refractivity contribution is 7.12. The third kappa shape index (κ3) is 8.25. The van der Waals surface area contributed by atoms with E-state index < -0.39 is 5.97 Å². The second-order valence-electron chi connectivity index (χ2n) is 5.87. The topological polar surface area (TPSA) is 37.3 Å². The van der Waals surface area contributed by atoms with Crippen LogP contribution >= 0.6 is 11.3 Å². The highest BCUT2D eigenvalue weighted by atomic mass is 32.1. The van der Waals surface area contributed by atoms with Crippen molar-refractivity contribution in [2.45, 2.75) is 84.0 Å². The molecule has 1 aromatic rings. The Balaban J connectivity index is 1.93. The van der Waals surface area contributed by atoms with E-state index in [1.165, 1.54) is 75.5 Å². The minimum Gasteiger partial charge on any atom is -0.477 e. The molecule has 21 heavy (non-hydrogen) atoms. The molecule has 2 nitrogen and oxygen atoms in total. The van der Waals surface area contributed by atoms with Gasteiger partial charge in [0, 0.05) is 0 Å². The van der Waals surface area contributed by atoms with Crippen LogP contribution < -0.4 is 0 Å². The molecule has 0 aliphatic heterocycles. The normalized spacial score (nSPS) is 10.9. The van der Waals surface area contributed by atoms with E-state index in [0.717, 1.165) is 18.4 Å². The van der Waals surface area contributed by atoms with Crippen LogP contribution in [-0.4, -0.2) is 11.1 Å². The fourth-order valence-corrected chi connectivity index (χ4v) is 3.49. The van der Waals surface area contributed by atoms with Crippen LogP contribution in [0.3, 0.4) is 0 Å². The Kier molecular flexibility index (Phi) is 10.2. The van der Waals surface area contributed by atoms with Crippen LogP contribution in [0.25, 0.3) is 0 Å². The highest BCUT2D eigenvalue weighted by Crippen LogP contribution is 2.19. The molecule has 0 aromatic carbocycles. The Labute approximate surface area is 133 Å². The van der Waals surface area contributed by atoms with E-state index in [-0.39, 0.29) is 0 Å². The lowest BCUT2D eigenvalue weighted by molar-refractivity contribution is 0.0701. The van der Waals surface area contributed by atoms with E-state index in [4.69, 9.17) is 5.11 Å². The molecule has 0 aliphatic rings. The summed E-state index contributed by atoms with van der Waals surface area (Å²) in [6.45, 7) is 2.26. The van der Waals surface area contributed by atoms with Crippen LogP contribution in [0, 0.1) is 0 Å². The Morgan fingerprint density at radius 1 is 0.952 bits per heavy atom. The van der Waals surface area contributed by atoms with E-state index >= 15 is 0 Å². The second kappa shape index (κ2) is 11.8. The number of carboxylic acids is 1. The molecule has 1 aromatic heterocycles. The lowest BCUT2D eigenvalue weighted by atomic mass is 10.0. The van der Waals surface area contributed by atoms with Gasteiger partial charge in [0.25, 0.3) is 0 Å². The third-order valence-corrected chi connectivity index (χ3v) is 4.94. The van der Waals surface area contributed by atoms with Gasteiger partial charge in [0.2, 0.25) is 0 Å². The summed E-state index contributed by atoms with van der Waals surface area (Å²) in [7, 11) is 0. The highest BCUT2D eigenvalue weighted by Gasteiger charge is 2.10. The molecule has 0 amide bonds. The lowest BCUT2D eigenvalue weighted by Gasteiger charge is -2.03. The van der Waals surface area contributed by atoms with Crippen LogP contribution in [0.5, 0.6) is 0 Å². The summed E-state index contributed by atoms with van der Waals surface area (Å²) in [6, 6.07) is 1.96. The molecule has 1 heterocycles. The predicted octanol–water partition coefficient (Wildman–Crippen LogP) is 6.30. The summed E-state index contributed by atoms with van der Waals surface area (Å²) in [4.78, 5) is 11.5. The van der Waals surface area contributed by atoms with Crippen molar-refractivity contribution >= 4 is 17.3 Å². The number of hydrogen-bond acceptors (Lipinski definition) is 2. The van der Waals surface area contributed by atoms with E-state index in [2.05, 4.69) is 6.92 Å². The predicted molar refractivity (Wildman–Crippen MR) is 91.4 cm³/mol. The third-order valence-electron chi connectivity index (χ3n) is 3.99. The van der Waals surface area contributed by atoms with Crippen molar-refractivity contribution < 1.29 is 9.90 Å². The van der Waals surface area contributed by atoms with Crippen LogP contribution in [0.4, 0.5) is 0 Å². The van der Waals surface area contributed by atoms with Crippen molar-refractivity contribution in [1.82, 2.24) is 0 Å². The molecule has 0 fully saturated rings. The number of thiophene rings is 1. The molecule has 1 N–H and O–H groups in total. The first kappa shape index (κ1) is 18.2. The standard InChI is InChI=1S/C18H30O2S/c1-2-3-4-5-6-7-8-9-10-11-12-13-16-14-15-21-17(16)18(19)20/h14-15H,2-13H2,1H3,(H,19,20). The summed E-state index contributed by atoms with van der Waals surface area (Å²) < 4.78 is 0. The maximum absolute atomic E-state index is 11.0. The molecule has 1 rings (SSSR count). The van der Waals surface area contributed by atoms with Gasteiger partial charge < -0.3 is 5.11 Å². The van der Waals surface area contributed by atoms with Gasteiger partial charge in [-0.3, -0.25) is 0 Å². The van der Waals surface area contributed by atoms with Crippen molar-refractivity contribution in [3.63, 3.8) is 0 Å². The number of rotatable bonds is 13. The first-order valence-electron chi connectivity index (χ1n) is 8.55. The van der Waals surface area contributed by atoms with Crippen molar-refractivity contribution in [1.29, 1.82) is 0 Å². The van der Waals surface area contributed by atoms with Crippen LogP contribution in [0.1, 0.15) is 92.8 Å². The Hall–Kier alpha value is -0.830. The summed E-state index contributed by atoms with van der Waals surface area (Å²) in [5.74, 6) is -0.775. The number of carbonyl (C=O) groups is 1. The number of aromatic carboxylic acids is 1. The zero-order chi connectivity index (χ0) is 15.3. The van der Waals surface area contributed by atoms with Crippen LogP contribution in [-0.2, 0) is 6.42 Å². The molecular formula is C18H30O2S. The Morgan fingerprint density at radius 2 is 1.48 bits per heavy atom. The van der Waals surface area contributed by atoms with Gasteiger partial charge in [0.05, 0.1) is 0 Å². The van der Waals surface area contributed by atoms with Crippen LogP contribution in [0.15, 0.2) is 11.4 Å². The van der Waals surface area contributed by atoms with Crippen molar-refractivity contribution in [3.05, 3.63) is 21.9 Å². The first-order valence-corrected chi connectivity index (χ1v) is 9.43. The van der Waals surface area contributed by atoms with Gasteiger partial charge in [-0.2, -0.15) is 0 Å². The zero-order valence-electron chi connectivity index (χ0n) is 13.4. The molecule has 0 atom stereocenters. The molecule has 0 radical (unpaired) electrons. The lowest BCUT2D eigenvalue weighted by Crippen LogP contribution is -1.97. The molecule has 0 bridgehead atoms. The Morgan fingerprint density at radius 3 is 2.00 bits per heavy atom. The fraction of sp³-hybridized carbons (Fsp3) is 0.722. The van der Waals surface area contributed by atoms with Gasteiger partial charge in [0.1, 0.15) is 4.88 Å². The zero-order valence-corrected chi connectivity index (χ0v) is 14.2. The number of hydrogen-bond donors (Lipinski definition) is 1. The monoisotopic (exact) mass is 310 g/mol. The molecule has 0 unspecified atom stereocenters. The fourth-order valence-electron chi connectivity index (χ4n) is 2.70. The summed E-state index contributed by atoms with van der Waals surface area (Å²) in [6.07, 6.45) is 15.6. The Bertz CT molecular complexity index is 384. The molecule has 120 valence electrons. The van der Waals surface area contributed by atoms with Gasteiger partial charge in [-0.15, -0.1) is 11.3 Å². The maximum Gasteiger partial charge on any atom is 0.346 e. The first-order chi connectivity index (χ1) is 10.3. The minimum absolute atomic E-state index is 0.530. The van der Waals surface area contributed by atoms with Crippen molar-refractivity contribution in [2.24, 2.45) is 0 Å². The number of aryl methyl sites for hydroxylation is 1. The van der Waals surface area contributed by atoms with Gasteiger partial charge >= 0.3 is 5.97 Å². The summed E-state index contributed by atoms with van der Waals surface area (Å²) in [5.41, 5.74) is 1.02. The quantitative estimate of drug-likeness (QED) is 0.434. The molecule has 0 saturated heterocycles. The van der Waals surface area contributed by atoms with E-state index in [0.29, 0.717) is 4.88 Å². The molecule has 0 spiro atoms. The van der Waals surface area contributed by atoms with Crippen molar-refractivity contribution in [3.8, 4) is 0 Å². The van der Waals surface area contributed by atoms with Gasteiger partial charge in [-0.05, 0) is 29.9 Å². The smallest absolute Gasteiger partial charge is 0.346 e. The van der Waals surface area contributed by atoms with Crippen LogP contribution in [0.2, 0.25) is 0 Å². The summed E-state index contributed by atoms with van der Waals surface area (Å²) >= 11 is 1.34. The molecule has 3 heteroatoms. The second-order valence-corrected chi connectivity index (χ2v) is 6.78. The van der Waals surface area contributed by atoms with Gasteiger partial charge in [0.15, 0.2) is 0 Å². The van der Waals surface area contributed by atoms with E-state index in [9.17, 15) is 4.79 Å². The molecule has 0 aliphatic carbocycles.